The Balaban J connectivity index is 1.30. The Kier molecular flexibility index (Phi) is 12.1. The van der Waals surface area contributed by atoms with Gasteiger partial charge in [0, 0.05) is 35.4 Å². The molecule has 5 aliphatic rings. The van der Waals surface area contributed by atoms with Gasteiger partial charge in [-0.3, -0.25) is 19.2 Å². The highest BCUT2D eigenvalue weighted by Crippen LogP contribution is 2.77. The Hall–Kier alpha value is -2.75. The highest BCUT2D eigenvalue weighted by Gasteiger charge is 2.71. The minimum Gasteiger partial charge on any atom is -0.481 e. The summed E-state index contributed by atoms with van der Waals surface area (Å²) in [6, 6.07) is 7.50. The third-order valence-electron chi connectivity index (χ3n) is 17.0. The number of hydrogen-bond acceptors (Lipinski definition) is 7. The number of ketones is 1. The number of carbonyl (C=O) groups is 4. The highest BCUT2D eigenvalue weighted by atomic mass is 35.5. The Morgan fingerprint density at radius 3 is 2.17 bits per heavy atom. The number of aliphatic hydroxyl groups excluding tert-OH is 1. The number of allylic oxidation sites excluding steroid dienone is 1. The zero-order valence-electron chi connectivity index (χ0n) is 37.2. The molecular weight excluding hydrogens is 752 g/mol. The average Bonchev–Trinajstić information content (AvgIpc) is 3.43. The van der Waals surface area contributed by atoms with E-state index in [1.165, 1.54) is 5.57 Å². The van der Waals surface area contributed by atoms with Crippen molar-refractivity contribution in [2.24, 2.45) is 56.2 Å². The normalized spacial score (nSPS) is 34.8. The summed E-state index contributed by atoms with van der Waals surface area (Å²) < 4.78 is 6.18. The molecule has 0 spiro atoms. The number of aliphatic carboxylic acids is 1. The first-order valence-corrected chi connectivity index (χ1v) is 22.3. The van der Waals surface area contributed by atoms with Gasteiger partial charge in [0.2, 0.25) is 5.91 Å². The second kappa shape index (κ2) is 15.6. The number of benzene rings is 1. The van der Waals surface area contributed by atoms with E-state index in [2.05, 4.69) is 48.5 Å². The summed E-state index contributed by atoms with van der Waals surface area (Å²) in [7, 11) is 3.75. The lowest BCUT2D eigenvalue weighted by atomic mass is 9.33. The molecule has 9 atom stereocenters. The van der Waals surface area contributed by atoms with Gasteiger partial charge < -0.3 is 24.7 Å². The number of esters is 1. The van der Waals surface area contributed by atoms with Crippen LogP contribution in [0.15, 0.2) is 35.4 Å². The van der Waals surface area contributed by atoms with Gasteiger partial charge in [-0.15, -0.1) is 0 Å². The number of likely N-dealkylation sites (N-methyl/N-ethyl adjacent to an activating group) is 1. The summed E-state index contributed by atoms with van der Waals surface area (Å²) in [5.41, 5.74) is 0.730. The summed E-state index contributed by atoms with van der Waals surface area (Å²) >= 11 is 6.20. The van der Waals surface area contributed by atoms with Crippen molar-refractivity contribution in [3.05, 3.63) is 46.0 Å². The largest absolute Gasteiger partial charge is 0.481 e. The van der Waals surface area contributed by atoms with E-state index >= 15 is 0 Å². The highest BCUT2D eigenvalue weighted by molar-refractivity contribution is 6.30. The van der Waals surface area contributed by atoms with E-state index in [0.717, 1.165) is 56.1 Å². The maximum absolute atomic E-state index is 14.3. The van der Waals surface area contributed by atoms with Gasteiger partial charge in [0.25, 0.3) is 0 Å². The van der Waals surface area contributed by atoms with Gasteiger partial charge in [-0.1, -0.05) is 77.8 Å². The predicted molar refractivity (Wildman–Crippen MR) is 227 cm³/mol. The number of rotatable bonds is 12. The second-order valence-electron chi connectivity index (χ2n) is 21.7. The molecule has 0 bridgehead atoms. The first-order valence-electron chi connectivity index (χ1n) is 21.9. The fourth-order valence-corrected chi connectivity index (χ4v) is 13.9. The van der Waals surface area contributed by atoms with Crippen LogP contribution in [0.4, 0.5) is 0 Å². The molecule has 4 fully saturated rings. The molecule has 1 aromatic rings. The molecule has 322 valence electrons. The molecular formula is C48H71ClN2O7. The molecule has 4 saturated carbocycles. The summed E-state index contributed by atoms with van der Waals surface area (Å²) in [5.74, 6) is -0.430. The topological polar surface area (TPSA) is 124 Å². The monoisotopic (exact) mass is 822 g/mol. The van der Waals surface area contributed by atoms with Gasteiger partial charge in [0.15, 0.2) is 5.78 Å². The third kappa shape index (κ3) is 7.39. The molecule has 0 saturated heterocycles. The summed E-state index contributed by atoms with van der Waals surface area (Å²) in [5, 5.41) is 22.9. The smallest absolute Gasteiger partial charge is 0.309 e. The lowest BCUT2D eigenvalue weighted by Crippen LogP contribution is -2.66. The molecule has 0 aliphatic heterocycles. The SMILES string of the molecule is CC(C)C1=C2C3CCC4C5(C)CCC(OC(=O)CC(C)(C)C(=O)O)C(C)(C)C5CCC4(C)C3(C)CCC2(C(O)CN(Cc2ccc(Cl)cc2)C(=O)CN(C)C)CC1=O. The number of carboxylic acid groups (broad SMARTS) is 1. The zero-order valence-corrected chi connectivity index (χ0v) is 37.9. The number of aliphatic hydroxyl groups is 1. The molecule has 58 heavy (non-hydrogen) atoms. The zero-order chi connectivity index (χ0) is 43.0. The number of Topliss-reactive ketones (excluding diaryl/α,β-unsaturated/α-hetero) is 1. The first kappa shape index (κ1) is 44.8. The number of nitrogens with zero attached hydrogens (tertiary/aromatic N) is 2. The molecule has 9 nitrogen and oxygen atoms in total. The number of carbonyl (C=O) groups excluding carboxylic acids is 3. The molecule has 0 radical (unpaired) electrons. The van der Waals surface area contributed by atoms with E-state index < -0.39 is 28.9 Å². The van der Waals surface area contributed by atoms with E-state index in [1.54, 1.807) is 18.7 Å². The molecule has 0 heterocycles. The van der Waals surface area contributed by atoms with Gasteiger partial charge in [-0.25, -0.2) is 0 Å². The first-order chi connectivity index (χ1) is 26.8. The van der Waals surface area contributed by atoms with Crippen LogP contribution in [0, 0.1) is 56.2 Å². The number of ether oxygens (including phenoxy) is 1. The molecule has 9 unspecified atom stereocenters. The quantitative estimate of drug-likeness (QED) is 0.200. The van der Waals surface area contributed by atoms with Crippen molar-refractivity contribution < 1.29 is 34.1 Å². The van der Waals surface area contributed by atoms with Gasteiger partial charge in [0.1, 0.15) is 6.10 Å². The number of carboxylic acids is 1. The van der Waals surface area contributed by atoms with Crippen LogP contribution in [-0.4, -0.2) is 83.0 Å². The lowest BCUT2D eigenvalue weighted by molar-refractivity contribution is -0.235. The van der Waals surface area contributed by atoms with Crippen LogP contribution in [0.2, 0.25) is 5.02 Å². The van der Waals surface area contributed by atoms with Crippen molar-refractivity contribution >= 4 is 35.2 Å². The predicted octanol–water partition coefficient (Wildman–Crippen LogP) is 8.98. The molecule has 0 aromatic heterocycles. The summed E-state index contributed by atoms with van der Waals surface area (Å²) in [4.78, 5) is 56.7. The van der Waals surface area contributed by atoms with Crippen LogP contribution in [0.25, 0.3) is 0 Å². The van der Waals surface area contributed by atoms with E-state index in [1.807, 2.05) is 43.3 Å². The number of amides is 1. The van der Waals surface area contributed by atoms with Crippen molar-refractivity contribution in [3.8, 4) is 0 Å². The Morgan fingerprint density at radius 1 is 0.914 bits per heavy atom. The molecule has 2 N–H and O–H groups in total. The van der Waals surface area contributed by atoms with Crippen molar-refractivity contribution in [2.45, 2.75) is 145 Å². The fourth-order valence-electron chi connectivity index (χ4n) is 13.7. The number of hydrogen-bond donors (Lipinski definition) is 2. The van der Waals surface area contributed by atoms with Crippen LogP contribution in [-0.2, 0) is 30.5 Å². The van der Waals surface area contributed by atoms with Crippen LogP contribution >= 0.6 is 11.6 Å². The van der Waals surface area contributed by atoms with Crippen LogP contribution < -0.4 is 0 Å². The van der Waals surface area contributed by atoms with Crippen molar-refractivity contribution in [2.75, 3.05) is 27.2 Å². The van der Waals surface area contributed by atoms with E-state index in [-0.39, 0.29) is 77.2 Å². The van der Waals surface area contributed by atoms with E-state index in [4.69, 9.17) is 16.3 Å². The van der Waals surface area contributed by atoms with E-state index in [9.17, 15) is 29.4 Å². The Labute approximate surface area is 352 Å². The lowest BCUT2D eigenvalue weighted by Gasteiger charge is -2.72. The molecule has 6 rings (SSSR count). The van der Waals surface area contributed by atoms with Crippen molar-refractivity contribution in [1.29, 1.82) is 0 Å². The number of fused-ring (bicyclic) bond motifs is 7. The third-order valence-corrected chi connectivity index (χ3v) is 17.2. The molecule has 5 aliphatic carbocycles. The van der Waals surface area contributed by atoms with Crippen molar-refractivity contribution in [1.82, 2.24) is 9.80 Å². The maximum Gasteiger partial charge on any atom is 0.309 e. The summed E-state index contributed by atoms with van der Waals surface area (Å²) in [6.07, 6.45) is 6.25. The van der Waals surface area contributed by atoms with Crippen molar-refractivity contribution in [3.63, 3.8) is 0 Å². The van der Waals surface area contributed by atoms with Gasteiger partial charge >= 0.3 is 11.9 Å². The van der Waals surface area contributed by atoms with Gasteiger partial charge in [-0.05, 0) is 142 Å². The standard InChI is InChI=1S/C48H71ClN2O7/c1-29(2)40-33(52)24-48(36(53)27-51(38(54)28-50(10)11)26-30-12-14-31(49)15-13-30)23-22-46(8)32(41(40)48)16-17-35-45(7)20-19-37(58-39(55)25-43(3,4)42(56)57)44(5,6)34(45)18-21-47(35,46)9/h12-15,29,32,34-37,53H,16-28H2,1-11H3,(H,56,57). The minimum atomic E-state index is -1.19. The maximum atomic E-state index is 14.3. The number of halogens is 1. The Morgan fingerprint density at radius 2 is 1.57 bits per heavy atom. The second-order valence-corrected chi connectivity index (χ2v) is 22.1. The Bertz CT molecular complexity index is 1820. The van der Waals surface area contributed by atoms with E-state index in [0.29, 0.717) is 29.8 Å². The van der Waals surface area contributed by atoms with Crippen LogP contribution in [0.3, 0.4) is 0 Å². The van der Waals surface area contributed by atoms with Crippen LogP contribution in [0.1, 0.15) is 132 Å². The van der Waals surface area contributed by atoms with Gasteiger partial charge in [0.05, 0.1) is 24.5 Å². The minimum absolute atomic E-state index is 0.0114. The fraction of sp³-hybridized carbons (Fsp3) is 0.750. The average molecular weight is 824 g/mol. The van der Waals surface area contributed by atoms with Gasteiger partial charge in [-0.2, -0.15) is 0 Å². The van der Waals surface area contributed by atoms with Crippen LogP contribution in [0.5, 0.6) is 0 Å². The molecule has 1 aromatic carbocycles. The molecule has 10 heteroatoms. The molecule has 1 amide bonds. The summed E-state index contributed by atoms with van der Waals surface area (Å²) in [6.45, 7) is 20.1.